The molecule has 136 valence electrons. The predicted octanol–water partition coefficient (Wildman–Crippen LogP) is 2.80. The number of carbonyl (C=O) groups is 2. The van der Waals surface area contributed by atoms with Gasteiger partial charge in [0, 0.05) is 18.9 Å². The van der Waals surface area contributed by atoms with Gasteiger partial charge >= 0.3 is 0 Å². The van der Waals surface area contributed by atoms with Crippen LogP contribution in [-0.4, -0.2) is 30.5 Å². The van der Waals surface area contributed by atoms with E-state index in [9.17, 15) is 9.59 Å². The van der Waals surface area contributed by atoms with Gasteiger partial charge in [-0.05, 0) is 50.7 Å². The van der Waals surface area contributed by atoms with Gasteiger partial charge in [0.05, 0.1) is 6.04 Å². The normalized spacial score (nSPS) is 22.9. The molecule has 2 atom stereocenters. The van der Waals surface area contributed by atoms with Gasteiger partial charge in [-0.1, -0.05) is 24.6 Å². The van der Waals surface area contributed by atoms with Gasteiger partial charge in [0.2, 0.25) is 11.8 Å². The first-order valence-corrected chi connectivity index (χ1v) is 9.51. The number of nitrogens with one attached hydrogen (secondary N) is 2. The zero-order chi connectivity index (χ0) is 17.5. The lowest BCUT2D eigenvalue weighted by Gasteiger charge is -2.32. The smallest absolute Gasteiger partial charge is 0.223 e. The SMILES string of the molecule is O=C(CCCNC(=O)C1CC1)N[C@H]1CCCC[C@H]1Oc1ccccc1. The number of hydrogen-bond acceptors (Lipinski definition) is 3. The largest absolute Gasteiger partial charge is 0.488 e. The van der Waals surface area contributed by atoms with Gasteiger partial charge in [-0.2, -0.15) is 0 Å². The van der Waals surface area contributed by atoms with Crippen LogP contribution in [0.1, 0.15) is 51.4 Å². The zero-order valence-electron chi connectivity index (χ0n) is 14.7. The van der Waals surface area contributed by atoms with Crippen LogP contribution in [0.5, 0.6) is 5.75 Å². The molecule has 0 unspecified atom stereocenters. The molecule has 2 N–H and O–H groups in total. The summed E-state index contributed by atoms with van der Waals surface area (Å²) in [4.78, 5) is 23.8. The van der Waals surface area contributed by atoms with Crippen molar-refractivity contribution in [2.75, 3.05) is 6.54 Å². The van der Waals surface area contributed by atoms with Crippen LogP contribution >= 0.6 is 0 Å². The summed E-state index contributed by atoms with van der Waals surface area (Å²) in [6, 6.07) is 9.87. The van der Waals surface area contributed by atoms with Crippen molar-refractivity contribution in [3.63, 3.8) is 0 Å². The van der Waals surface area contributed by atoms with Crippen LogP contribution in [-0.2, 0) is 9.59 Å². The molecule has 0 saturated heterocycles. The first kappa shape index (κ1) is 17.8. The van der Waals surface area contributed by atoms with Crippen molar-refractivity contribution >= 4 is 11.8 Å². The number of benzene rings is 1. The van der Waals surface area contributed by atoms with E-state index in [4.69, 9.17) is 4.74 Å². The van der Waals surface area contributed by atoms with Gasteiger partial charge in [-0.25, -0.2) is 0 Å². The van der Waals surface area contributed by atoms with Crippen LogP contribution in [0.15, 0.2) is 30.3 Å². The monoisotopic (exact) mass is 344 g/mol. The Balaban J connectivity index is 1.39. The molecule has 5 heteroatoms. The molecule has 0 radical (unpaired) electrons. The maximum atomic E-state index is 12.2. The molecular weight excluding hydrogens is 316 g/mol. The van der Waals surface area contributed by atoms with E-state index in [1.165, 1.54) is 0 Å². The van der Waals surface area contributed by atoms with Crippen molar-refractivity contribution in [3.05, 3.63) is 30.3 Å². The minimum atomic E-state index is 0.0367. The molecule has 2 aliphatic rings. The second kappa shape index (κ2) is 8.88. The van der Waals surface area contributed by atoms with Crippen molar-refractivity contribution in [2.45, 2.75) is 63.5 Å². The van der Waals surface area contributed by atoms with Crippen molar-refractivity contribution in [3.8, 4) is 5.75 Å². The molecule has 2 amide bonds. The van der Waals surface area contributed by atoms with Crippen LogP contribution in [0.2, 0.25) is 0 Å². The Kier molecular flexibility index (Phi) is 6.31. The van der Waals surface area contributed by atoms with Gasteiger partial charge in [0.1, 0.15) is 11.9 Å². The molecule has 0 aromatic heterocycles. The van der Waals surface area contributed by atoms with Crippen molar-refractivity contribution < 1.29 is 14.3 Å². The van der Waals surface area contributed by atoms with Gasteiger partial charge in [0.25, 0.3) is 0 Å². The van der Waals surface area contributed by atoms with E-state index in [0.717, 1.165) is 44.3 Å². The summed E-state index contributed by atoms with van der Waals surface area (Å²) >= 11 is 0. The Morgan fingerprint density at radius 3 is 2.56 bits per heavy atom. The highest BCUT2D eigenvalue weighted by molar-refractivity contribution is 5.81. The Hall–Kier alpha value is -2.04. The third kappa shape index (κ3) is 5.76. The quantitative estimate of drug-likeness (QED) is 0.713. The molecule has 0 heterocycles. The summed E-state index contributed by atoms with van der Waals surface area (Å²) in [5, 5.41) is 6.04. The van der Waals surface area contributed by atoms with Crippen LogP contribution in [0.3, 0.4) is 0 Å². The third-order valence-electron chi connectivity index (χ3n) is 4.91. The van der Waals surface area contributed by atoms with E-state index in [0.29, 0.717) is 19.4 Å². The first-order chi connectivity index (χ1) is 12.2. The van der Waals surface area contributed by atoms with Crippen LogP contribution in [0.25, 0.3) is 0 Å². The highest BCUT2D eigenvalue weighted by atomic mass is 16.5. The molecule has 2 fully saturated rings. The maximum absolute atomic E-state index is 12.2. The molecule has 3 rings (SSSR count). The van der Waals surface area contributed by atoms with Crippen LogP contribution < -0.4 is 15.4 Å². The van der Waals surface area contributed by atoms with E-state index >= 15 is 0 Å². The van der Waals surface area contributed by atoms with Crippen LogP contribution in [0.4, 0.5) is 0 Å². The van der Waals surface area contributed by atoms with E-state index < -0.39 is 0 Å². The number of hydrogen-bond donors (Lipinski definition) is 2. The van der Waals surface area contributed by atoms with Crippen LogP contribution in [0, 0.1) is 5.92 Å². The van der Waals surface area contributed by atoms with Gasteiger partial charge < -0.3 is 15.4 Å². The Morgan fingerprint density at radius 2 is 1.80 bits per heavy atom. The predicted molar refractivity (Wildman–Crippen MR) is 96.2 cm³/mol. The summed E-state index contributed by atoms with van der Waals surface area (Å²) < 4.78 is 6.09. The molecule has 25 heavy (non-hydrogen) atoms. The fourth-order valence-corrected chi connectivity index (χ4v) is 3.31. The lowest BCUT2D eigenvalue weighted by Crippen LogP contribution is -2.47. The van der Waals surface area contributed by atoms with Crippen molar-refractivity contribution in [2.24, 2.45) is 5.92 Å². The molecule has 5 nitrogen and oxygen atoms in total. The van der Waals surface area contributed by atoms with Crippen molar-refractivity contribution in [1.29, 1.82) is 0 Å². The van der Waals surface area contributed by atoms with Gasteiger partial charge in [0.15, 0.2) is 0 Å². The second-order valence-electron chi connectivity index (χ2n) is 7.10. The minimum Gasteiger partial charge on any atom is -0.488 e. The van der Waals surface area contributed by atoms with E-state index in [-0.39, 0.29) is 29.9 Å². The topological polar surface area (TPSA) is 67.4 Å². The lowest BCUT2D eigenvalue weighted by atomic mass is 9.92. The highest BCUT2D eigenvalue weighted by Gasteiger charge is 2.29. The fourth-order valence-electron chi connectivity index (χ4n) is 3.31. The molecule has 2 aliphatic carbocycles. The third-order valence-corrected chi connectivity index (χ3v) is 4.91. The second-order valence-corrected chi connectivity index (χ2v) is 7.10. The van der Waals surface area contributed by atoms with Gasteiger partial charge in [-0.3, -0.25) is 9.59 Å². The summed E-state index contributed by atoms with van der Waals surface area (Å²) in [7, 11) is 0. The summed E-state index contributed by atoms with van der Waals surface area (Å²) in [5.74, 6) is 1.28. The fraction of sp³-hybridized carbons (Fsp3) is 0.600. The Labute approximate surface area is 149 Å². The van der Waals surface area contributed by atoms with E-state index in [2.05, 4.69) is 10.6 Å². The Morgan fingerprint density at radius 1 is 1.04 bits per heavy atom. The van der Waals surface area contributed by atoms with E-state index in [1.807, 2.05) is 30.3 Å². The molecule has 2 saturated carbocycles. The summed E-state index contributed by atoms with van der Waals surface area (Å²) in [5.41, 5.74) is 0. The molecule has 0 bridgehead atoms. The number of carbonyl (C=O) groups excluding carboxylic acids is 2. The van der Waals surface area contributed by atoms with Crippen molar-refractivity contribution in [1.82, 2.24) is 10.6 Å². The van der Waals surface area contributed by atoms with E-state index in [1.54, 1.807) is 0 Å². The van der Waals surface area contributed by atoms with Gasteiger partial charge in [-0.15, -0.1) is 0 Å². The summed E-state index contributed by atoms with van der Waals surface area (Å²) in [6.45, 7) is 0.581. The average molecular weight is 344 g/mol. The molecule has 0 aliphatic heterocycles. The molecule has 1 aromatic carbocycles. The Bertz CT molecular complexity index is 572. The zero-order valence-corrected chi connectivity index (χ0v) is 14.7. The first-order valence-electron chi connectivity index (χ1n) is 9.51. The number of para-hydroxylation sites is 1. The number of amides is 2. The average Bonchev–Trinajstić information content (AvgIpc) is 3.46. The lowest BCUT2D eigenvalue weighted by molar-refractivity contribution is -0.124. The molecular formula is C20H28N2O3. The standard InChI is InChI=1S/C20H28N2O3/c23-19(11-6-14-21-20(24)15-12-13-15)22-17-9-4-5-10-18(17)25-16-7-2-1-3-8-16/h1-3,7-8,15,17-18H,4-6,9-14H2,(H,21,24)(H,22,23)/t17-,18+/m0/s1. The molecule has 0 spiro atoms. The minimum absolute atomic E-state index is 0.0367. The highest BCUT2D eigenvalue weighted by Crippen LogP contribution is 2.28. The number of ether oxygens (including phenoxy) is 1. The number of rotatable bonds is 8. The maximum Gasteiger partial charge on any atom is 0.223 e. The molecule has 1 aromatic rings. The summed E-state index contributed by atoms with van der Waals surface area (Å²) in [6.07, 6.45) is 7.37.